The number of esters is 1. The highest BCUT2D eigenvalue weighted by Crippen LogP contribution is 2.43. The molecule has 0 radical (unpaired) electrons. The molecular weight excluding hydrogens is 228 g/mol. The highest BCUT2D eigenvalue weighted by molar-refractivity contribution is 6.17. The van der Waals surface area contributed by atoms with E-state index in [4.69, 9.17) is 21.1 Å². The molecule has 90 valence electrons. The molecule has 0 aromatic carbocycles. The molecule has 2 aliphatic rings. The largest absolute Gasteiger partial charge is 0.463 e. The van der Waals surface area contributed by atoms with Crippen LogP contribution in [0, 0.1) is 17.8 Å². The third kappa shape index (κ3) is 2.77. The Bertz CT molecular complexity index is 277. The number of hydrogen-bond acceptors (Lipinski definition) is 3. The fraction of sp³-hybridized carbons (Fsp3) is 0.750. The van der Waals surface area contributed by atoms with Crippen molar-refractivity contribution >= 4 is 17.6 Å². The van der Waals surface area contributed by atoms with Crippen LogP contribution in [-0.2, 0) is 14.3 Å². The van der Waals surface area contributed by atoms with Gasteiger partial charge in [-0.2, -0.15) is 0 Å². The van der Waals surface area contributed by atoms with E-state index in [0.717, 1.165) is 12.8 Å². The van der Waals surface area contributed by atoms with Crippen LogP contribution in [0.1, 0.15) is 12.8 Å². The van der Waals surface area contributed by atoms with E-state index in [2.05, 4.69) is 12.2 Å². The van der Waals surface area contributed by atoms with E-state index >= 15 is 0 Å². The average Bonchev–Trinajstić information content (AvgIpc) is 2.90. The smallest absolute Gasteiger partial charge is 0.309 e. The summed E-state index contributed by atoms with van der Waals surface area (Å²) in [5.41, 5.74) is 0. The average molecular weight is 245 g/mol. The van der Waals surface area contributed by atoms with Gasteiger partial charge in [-0.1, -0.05) is 12.2 Å². The number of halogens is 1. The predicted molar refractivity (Wildman–Crippen MR) is 61.3 cm³/mol. The molecule has 1 fully saturated rings. The summed E-state index contributed by atoms with van der Waals surface area (Å²) in [6, 6.07) is 0. The second kappa shape index (κ2) is 5.69. The van der Waals surface area contributed by atoms with Gasteiger partial charge in [0.1, 0.15) is 6.61 Å². The molecule has 16 heavy (non-hydrogen) atoms. The number of hydrogen-bond donors (Lipinski definition) is 0. The summed E-state index contributed by atoms with van der Waals surface area (Å²) in [7, 11) is 0. The van der Waals surface area contributed by atoms with Gasteiger partial charge in [0, 0.05) is 5.88 Å². The zero-order valence-electron chi connectivity index (χ0n) is 9.23. The number of fused-ring (bicyclic) bond motifs is 2. The number of allylic oxidation sites excluding steroid dienone is 2. The van der Waals surface area contributed by atoms with Crippen LogP contribution in [0.25, 0.3) is 0 Å². The number of rotatable bonds is 6. The zero-order valence-corrected chi connectivity index (χ0v) is 9.99. The summed E-state index contributed by atoms with van der Waals surface area (Å²) in [6.07, 6.45) is 6.47. The number of ether oxygens (including phenoxy) is 2. The van der Waals surface area contributed by atoms with E-state index in [1.165, 1.54) is 0 Å². The zero-order chi connectivity index (χ0) is 11.4. The second-order valence-corrected chi connectivity index (χ2v) is 4.73. The van der Waals surface area contributed by atoms with Gasteiger partial charge in [-0.05, 0) is 24.7 Å². The quantitative estimate of drug-likeness (QED) is 0.310. The highest BCUT2D eigenvalue weighted by Gasteiger charge is 2.40. The molecule has 2 aliphatic carbocycles. The van der Waals surface area contributed by atoms with Crippen molar-refractivity contribution in [2.75, 3.05) is 25.7 Å². The van der Waals surface area contributed by atoms with Gasteiger partial charge in [0.2, 0.25) is 0 Å². The summed E-state index contributed by atoms with van der Waals surface area (Å²) in [6.45, 7) is 1.29. The first-order valence-corrected chi connectivity index (χ1v) is 6.33. The van der Waals surface area contributed by atoms with Crippen LogP contribution in [-0.4, -0.2) is 31.7 Å². The Balaban J connectivity index is 1.63. The summed E-state index contributed by atoms with van der Waals surface area (Å²) in [5, 5.41) is 0. The Morgan fingerprint density at radius 1 is 1.25 bits per heavy atom. The lowest BCUT2D eigenvalue weighted by molar-refractivity contribution is -0.150. The fourth-order valence-corrected chi connectivity index (χ4v) is 2.63. The molecule has 2 bridgehead atoms. The van der Waals surface area contributed by atoms with Crippen LogP contribution in [0.5, 0.6) is 0 Å². The lowest BCUT2D eigenvalue weighted by Gasteiger charge is -2.16. The number of carbonyl (C=O) groups excluding carboxylic acids is 1. The third-order valence-corrected chi connectivity index (χ3v) is 3.43. The minimum absolute atomic E-state index is 0.0636. The van der Waals surface area contributed by atoms with Gasteiger partial charge in [-0.3, -0.25) is 4.79 Å². The Kier molecular flexibility index (Phi) is 4.24. The van der Waals surface area contributed by atoms with Gasteiger partial charge in [0.15, 0.2) is 0 Å². The number of carbonyl (C=O) groups is 1. The molecule has 0 aromatic heterocycles. The maximum Gasteiger partial charge on any atom is 0.309 e. The van der Waals surface area contributed by atoms with Crippen LogP contribution in [0.4, 0.5) is 0 Å². The normalized spacial score (nSPS) is 30.9. The first kappa shape index (κ1) is 11.9. The van der Waals surface area contributed by atoms with Crippen molar-refractivity contribution in [3.63, 3.8) is 0 Å². The highest BCUT2D eigenvalue weighted by atomic mass is 35.5. The molecule has 0 saturated heterocycles. The minimum Gasteiger partial charge on any atom is -0.463 e. The standard InChI is InChI=1S/C12H17ClO3/c13-3-4-15-5-6-16-12(14)11-8-9-1-2-10(11)7-9/h1-2,9-11H,3-8H2/t9-,10+,11-/m0/s1. The van der Waals surface area contributed by atoms with E-state index in [9.17, 15) is 4.79 Å². The van der Waals surface area contributed by atoms with Gasteiger partial charge in [0.05, 0.1) is 19.1 Å². The summed E-state index contributed by atoms with van der Waals surface area (Å²) in [4.78, 5) is 11.7. The maximum atomic E-state index is 11.7. The van der Waals surface area contributed by atoms with Gasteiger partial charge >= 0.3 is 5.97 Å². The molecular formula is C12H17ClO3. The van der Waals surface area contributed by atoms with Crippen LogP contribution in [0.15, 0.2) is 12.2 Å². The molecule has 0 amide bonds. The molecule has 3 nitrogen and oxygen atoms in total. The molecule has 1 saturated carbocycles. The van der Waals surface area contributed by atoms with Crippen LogP contribution in [0.2, 0.25) is 0 Å². The Hall–Kier alpha value is -0.540. The second-order valence-electron chi connectivity index (χ2n) is 4.36. The van der Waals surface area contributed by atoms with Crippen molar-refractivity contribution in [3.05, 3.63) is 12.2 Å². The first-order chi connectivity index (χ1) is 7.81. The van der Waals surface area contributed by atoms with Crippen LogP contribution < -0.4 is 0 Å². The van der Waals surface area contributed by atoms with Gasteiger partial charge in [-0.25, -0.2) is 0 Å². The molecule has 0 aromatic rings. The van der Waals surface area contributed by atoms with Crippen molar-refractivity contribution in [3.8, 4) is 0 Å². The summed E-state index contributed by atoms with van der Waals surface area (Å²) >= 11 is 5.45. The van der Waals surface area contributed by atoms with Crippen molar-refractivity contribution in [2.45, 2.75) is 12.8 Å². The van der Waals surface area contributed by atoms with Crippen molar-refractivity contribution in [1.82, 2.24) is 0 Å². The van der Waals surface area contributed by atoms with Crippen molar-refractivity contribution < 1.29 is 14.3 Å². The summed E-state index contributed by atoms with van der Waals surface area (Å²) in [5.74, 6) is 1.52. The Morgan fingerprint density at radius 2 is 2.12 bits per heavy atom. The number of alkyl halides is 1. The fourth-order valence-electron chi connectivity index (χ4n) is 2.52. The van der Waals surface area contributed by atoms with E-state index in [0.29, 0.717) is 37.5 Å². The van der Waals surface area contributed by atoms with Gasteiger partial charge in [0.25, 0.3) is 0 Å². The van der Waals surface area contributed by atoms with Crippen molar-refractivity contribution in [2.24, 2.45) is 17.8 Å². The Morgan fingerprint density at radius 3 is 2.75 bits per heavy atom. The van der Waals surface area contributed by atoms with Crippen LogP contribution in [0.3, 0.4) is 0 Å². The van der Waals surface area contributed by atoms with Gasteiger partial charge < -0.3 is 9.47 Å². The van der Waals surface area contributed by atoms with Gasteiger partial charge in [-0.15, -0.1) is 11.6 Å². The molecule has 4 heteroatoms. The molecule has 3 atom stereocenters. The third-order valence-electron chi connectivity index (χ3n) is 3.28. The summed E-state index contributed by atoms with van der Waals surface area (Å²) < 4.78 is 10.3. The van der Waals surface area contributed by atoms with E-state index in [1.54, 1.807) is 0 Å². The monoisotopic (exact) mass is 244 g/mol. The first-order valence-electron chi connectivity index (χ1n) is 5.80. The molecule has 0 unspecified atom stereocenters. The SMILES string of the molecule is O=C(OCCOCCCl)[C@H]1C[C@H]2C=C[C@@H]1C2. The van der Waals surface area contributed by atoms with E-state index in [-0.39, 0.29) is 11.9 Å². The molecule has 0 heterocycles. The Labute approximate surface area is 101 Å². The molecule has 0 spiro atoms. The maximum absolute atomic E-state index is 11.7. The predicted octanol–water partition coefficient (Wildman–Crippen LogP) is 2.00. The van der Waals surface area contributed by atoms with E-state index < -0.39 is 0 Å². The van der Waals surface area contributed by atoms with E-state index in [1.807, 2.05) is 0 Å². The van der Waals surface area contributed by atoms with Crippen molar-refractivity contribution in [1.29, 1.82) is 0 Å². The lowest BCUT2D eigenvalue weighted by Crippen LogP contribution is -2.23. The lowest BCUT2D eigenvalue weighted by atomic mass is 9.94. The minimum atomic E-state index is -0.0636. The molecule has 0 aliphatic heterocycles. The van der Waals surface area contributed by atoms with Crippen LogP contribution >= 0.6 is 11.6 Å². The molecule has 0 N–H and O–H groups in total. The molecule has 2 rings (SSSR count). The topological polar surface area (TPSA) is 35.5 Å².